The van der Waals surface area contributed by atoms with Crippen molar-refractivity contribution in [3.05, 3.63) is 71.0 Å². The zero-order chi connectivity index (χ0) is 20.4. The highest BCUT2D eigenvalue weighted by molar-refractivity contribution is 5.28. The standard InChI is InChI=1S/C22H25F4N3/c23-19-6-1-3-15(11-19)14-29-9-7-16(8-10-29)20-13-21(28-27-20)17-4-2-5-18(12-17)22(24,25)26/h1-6,11-12,16,20-21,27-28H,7-10,13-14H2. The Hall–Kier alpha value is -1.96. The van der Waals surface area contributed by atoms with Crippen molar-refractivity contribution in [2.24, 2.45) is 5.92 Å². The molecule has 2 aliphatic heterocycles. The lowest BCUT2D eigenvalue weighted by Gasteiger charge is -2.34. The van der Waals surface area contributed by atoms with Crippen molar-refractivity contribution in [2.45, 2.75) is 44.1 Å². The minimum Gasteiger partial charge on any atom is -0.299 e. The van der Waals surface area contributed by atoms with E-state index in [1.165, 1.54) is 18.2 Å². The Bertz CT molecular complexity index is 831. The van der Waals surface area contributed by atoms with Crippen molar-refractivity contribution >= 4 is 0 Å². The van der Waals surface area contributed by atoms with Gasteiger partial charge in [-0.1, -0.05) is 24.3 Å². The van der Waals surface area contributed by atoms with Gasteiger partial charge in [0.2, 0.25) is 0 Å². The summed E-state index contributed by atoms with van der Waals surface area (Å²) in [7, 11) is 0. The summed E-state index contributed by atoms with van der Waals surface area (Å²) in [6.45, 7) is 2.62. The molecule has 4 rings (SSSR count). The second-order valence-electron chi connectivity index (χ2n) is 8.05. The number of hydrogen-bond acceptors (Lipinski definition) is 3. The van der Waals surface area contributed by atoms with Crippen LogP contribution in [0.2, 0.25) is 0 Å². The van der Waals surface area contributed by atoms with Gasteiger partial charge in [0, 0.05) is 18.6 Å². The maximum absolute atomic E-state index is 13.4. The molecule has 0 saturated carbocycles. The average molecular weight is 407 g/mol. The highest BCUT2D eigenvalue weighted by Crippen LogP contribution is 2.34. The summed E-state index contributed by atoms with van der Waals surface area (Å²) < 4.78 is 52.3. The lowest BCUT2D eigenvalue weighted by molar-refractivity contribution is -0.137. The molecule has 0 amide bonds. The van der Waals surface area contributed by atoms with Gasteiger partial charge < -0.3 is 0 Å². The zero-order valence-corrected chi connectivity index (χ0v) is 16.1. The van der Waals surface area contributed by atoms with Crippen LogP contribution in [0.25, 0.3) is 0 Å². The quantitative estimate of drug-likeness (QED) is 0.722. The van der Waals surface area contributed by atoms with E-state index in [2.05, 4.69) is 15.8 Å². The van der Waals surface area contributed by atoms with Gasteiger partial charge in [0.15, 0.2) is 0 Å². The van der Waals surface area contributed by atoms with Crippen LogP contribution in [0.3, 0.4) is 0 Å². The summed E-state index contributed by atoms with van der Waals surface area (Å²) in [5.74, 6) is 0.265. The third kappa shape index (κ3) is 4.97. The van der Waals surface area contributed by atoms with Crippen molar-refractivity contribution in [3.8, 4) is 0 Å². The van der Waals surface area contributed by atoms with Gasteiger partial charge in [0.25, 0.3) is 0 Å². The molecular formula is C22H25F4N3. The van der Waals surface area contributed by atoms with Gasteiger partial charge in [-0.15, -0.1) is 0 Å². The van der Waals surface area contributed by atoms with Crippen molar-refractivity contribution in [2.75, 3.05) is 13.1 Å². The van der Waals surface area contributed by atoms with Crippen LogP contribution in [0.5, 0.6) is 0 Å². The summed E-state index contributed by atoms with van der Waals surface area (Å²) >= 11 is 0. The lowest BCUT2D eigenvalue weighted by Crippen LogP contribution is -2.42. The summed E-state index contributed by atoms with van der Waals surface area (Å²) in [4.78, 5) is 2.33. The van der Waals surface area contributed by atoms with Crippen molar-refractivity contribution in [3.63, 3.8) is 0 Å². The minimum atomic E-state index is -4.32. The normalized spacial score (nSPS) is 24.1. The minimum absolute atomic E-state index is 0.118. The molecule has 3 nitrogen and oxygen atoms in total. The highest BCUT2D eigenvalue weighted by Gasteiger charge is 2.35. The molecule has 2 aromatic rings. The molecule has 2 unspecified atom stereocenters. The number of nitrogens with one attached hydrogen (secondary N) is 2. The molecule has 0 radical (unpaired) electrons. The Labute approximate surface area is 168 Å². The third-order valence-corrected chi connectivity index (χ3v) is 6.05. The predicted molar refractivity (Wildman–Crippen MR) is 103 cm³/mol. The molecule has 2 fully saturated rings. The largest absolute Gasteiger partial charge is 0.416 e. The maximum Gasteiger partial charge on any atom is 0.416 e. The van der Waals surface area contributed by atoms with Gasteiger partial charge in [-0.05, 0) is 73.7 Å². The number of hydrogen-bond donors (Lipinski definition) is 2. The molecule has 2 aromatic carbocycles. The van der Waals surface area contributed by atoms with E-state index in [9.17, 15) is 17.6 Å². The number of rotatable bonds is 4. The SMILES string of the molecule is Fc1cccc(CN2CCC(C3CC(c4cccc(C(F)(F)F)c4)NN3)CC2)c1. The zero-order valence-electron chi connectivity index (χ0n) is 16.1. The molecule has 2 aliphatic rings. The molecular weight excluding hydrogens is 382 g/mol. The van der Waals surface area contributed by atoms with Gasteiger partial charge in [0.1, 0.15) is 5.82 Å². The fraction of sp³-hybridized carbons (Fsp3) is 0.455. The van der Waals surface area contributed by atoms with Crippen LogP contribution in [0, 0.1) is 11.7 Å². The number of halogens is 4. The van der Waals surface area contributed by atoms with E-state index in [-0.39, 0.29) is 17.9 Å². The van der Waals surface area contributed by atoms with Crippen LogP contribution < -0.4 is 10.9 Å². The van der Waals surface area contributed by atoms with Crippen molar-refractivity contribution in [1.29, 1.82) is 0 Å². The van der Waals surface area contributed by atoms with E-state index in [4.69, 9.17) is 0 Å². The van der Waals surface area contributed by atoms with Gasteiger partial charge in [0.05, 0.1) is 5.56 Å². The van der Waals surface area contributed by atoms with E-state index in [0.717, 1.165) is 50.5 Å². The second-order valence-corrected chi connectivity index (χ2v) is 8.05. The molecule has 2 heterocycles. The van der Waals surface area contributed by atoms with Gasteiger partial charge >= 0.3 is 6.18 Å². The smallest absolute Gasteiger partial charge is 0.299 e. The number of likely N-dealkylation sites (tertiary alicyclic amines) is 1. The molecule has 29 heavy (non-hydrogen) atoms. The van der Waals surface area contributed by atoms with Gasteiger partial charge in [-0.2, -0.15) is 13.2 Å². The fourth-order valence-corrected chi connectivity index (χ4v) is 4.45. The summed E-state index contributed by atoms with van der Waals surface area (Å²) in [5.41, 5.74) is 7.53. The topological polar surface area (TPSA) is 27.3 Å². The Morgan fingerprint density at radius 1 is 0.966 bits per heavy atom. The van der Waals surface area contributed by atoms with E-state index in [0.29, 0.717) is 11.5 Å². The van der Waals surface area contributed by atoms with Crippen LogP contribution in [-0.2, 0) is 12.7 Å². The second kappa shape index (κ2) is 8.42. The summed E-state index contributed by atoms with van der Waals surface area (Å²) in [5, 5.41) is 0. The first-order valence-corrected chi connectivity index (χ1v) is 10.0. The Morgan fingerprint density at radius 2 is 1.72 bits per heavy atom. The van der Waals surface area contributed by atoms with E-state index >= 15 is 0 Å². The molecule has 2 N–H and O–H groups in total. The van der Waals surface area contributed by atoms with Crippen molar-refractivity contribution < 1.29 is 17.6 Å². The molecule has 7 heteroatoms. The molecule has 2 atom stereocenters. The predicted octanol–water partition coefficient (Wildman–Crippen LogP) is 4.66. The van der Waals surface area contributed by atoms with E-state index in [1.54, 1.807) is 18.2 Å². The van der Waals surface area contributed by atoms with Crippen LogP contribution in [0.1, 0.15) is 42.0 Å². The van der Waals surface area contributed by atoms with E-state index in [1.807, 2.05) is 6.07 Å². The lowest BCUT2D eigenvalue weighted by atomic mass is 9.86. The number of alkyl halides is 3. The fourth-order valence-electron chi connectivity index (χ4n) is 4.45. The summed E-state index contributed by atoms with van der Waals surface area (Å²) in [6.07, 6.45) is -1.51. The molecule has 156 valence electrons. The number of nitrogens with zero attached hydrogens (tertiary/aromatic N) is 1. The Kier molecular flexibility index (Phi) is 5.90. The maximum atomic E-state index is 13.4. The summed E-state index contributed by atoms with van der Waals surface area (Å²) in [6, 6.07) is 12.4. The van der Waals surface area contributed by atoms with Gasteiger partial charge in [-0.25, -0.2) is 4.39 Å². The Morgan fingerprint density at radius 3 is 2.45 bits per heavy atom. The monoisotopic (exact) mass is 407 g/mol. The highest BCUT2D eigenvalue weighted by atomic mass is 19.4. The molecule has 0 aromatic heterocycles. The van der Waals surface area contributed by atoms with E-state index < -0.39 is 11.7 Å². The van der Waals surface area contributed by atoms with Crippen LogP contribution in [0.4, 0.5) is 17.6 Å². The average Bonchev–Trinajstić information content (AvgIpc) is 3.18. The first kappa shape index (κ1) is 20.3. The molecule has 0 spiro atoms. The first-order chi connectivity index (χ1) is 13.9. The molecule has 0 aliphatic carbocycles. The number of hydrazine groups is 1. The Balaban J connectivity index is 1.30. The van der Waals surface area contributed by atoms with Gasteiger partial charge in [-0.3, -0.25) is 15.8 Å². The molecule has 0 bridgehead atoms. The third-order valence-electron chi connectivity index (χ3n) is 6.05. The molecule has 2 saturated heterocycles. The van der Waals surface area contributed by atoms with Crippen LogP contribution in [-0.4, -0.2) is 24.0 Å². The van der Waals surface area contributed by atoms with Crippen molar-refractivity contribution in [1.82, 2.24) is 15.8 Å². The number of benzene rings is 2. The first-order valence-electron chi connectivity index (χ1n) is 10.0. The number of piperidine rings is 1. The van der Waals surface area contributed by atoms with Crippen LogP contribution >= 0.6 is 0 Å². The van der Waals surface area contributed by atoms with Crippen LogP contribution in [0.15, 0.2) is 48.5 Å².